The maximum atomic E-state index is 5.40. The molecule has 0 aliphatic heterocycles. The van der Waals surface area contributed by atoms with Crippen LogP contribution in [0.1, 0.15) is 11.4 Å². The maximum absolute atomic E-state index is 5.40. The second-order valence-corrected chi connectivity index (χ2v) is 4.91. The number of nitrogens with zero attached hydrogens (tertiary/aromatic N) is 4. The SMILES string of the molecule is c1ccc(Cc2noc(-c3cccc4nccnc34)n2)cc1. The van der Waals surface area contributed by atoms with E-state index in [0.29, 0.717) is 18.1 Å². The van der Waals surface area contributed by atoms with E-state index in [2.05, 4.69) is 20.1 Å². The van der Waals surface area contributed by atoms with Gasteiger partial charge in [0, 0.05) is 18.8 Å². The Bertz CT molecular complexity index is 913. The van der Waals surface area contributed by atoms with Crippen LogP contribution in [-0.2, 0) is 6.42 Å². The van der Waals surface area contributed by atoms with Crippen LogP contribution < -0.4 is 0 Å². The van der Waals surface area contributed by atoms with Crippen LogP contribution in [0.3, 0.4) is 0 Å². The van der Waals surface area contributed by atoms with Crippen LogP contribution in [0, 0.1) is 0 Å². The van der Waals surface area contributed by atoms with Crippen molar-refractivity contribution >= 4 is 11.0 Å². The van der Waals surface area contributed by atoms with Crippen LogP contribution in [0.4, 0.5) is 0 Å². The lowest BCUT2D eigenvalue weighted by Gasteiger charge is -1.99. The highest BCUT2D eigenvalue weighted by Crippen LogP contribution is 2.24. The minimum absolute atomic E-state index is 0.469. The molecule has 0 bridgehead atoms. The molecule has 0 aliphatic rings. The Balaban J connectivity index is 1.71. The zero-order valence-corrected chi connectivity index (χ0v) is 11.7. The fourth-order valence-electron chi connectivity index (χ4n) is 2.38. The molecule has 106 valence electrons. The first kappa shape index (κ1) is 12.6. The van der Waals surface area contributed by atoms with Crippen LogP contribution in [-0.4, -0.2) is 20.1 Å². The summed E-state index contributed by atoms with van der Waals surface area (Å²) in [6, 6.07) is 15.8. The van der Waals surface area contributed by atoms with E-state index in [9.17, 15) is 0 Å². The van der Waals surface area contributed by atoms with Gasteiger partial charge in [0.25, 0.3) is 5.89 Å². The summed E-state index contributed by atoms with van der Waals surface area (Å²) in [5.41, 5.74) is 3.52. The molecule has 5 heteroatoms. The van der Waals surface area contributed by atoms with Crippen molar-refractivity contribution in [1.29, 1.82) is 0 Å². The zero-order valence-electron chi connectivity index (χ0n) is 11.7. The van der Waals surface area contributed by atoms with Crippen LogP contribution >= 0.6 is 0 Å². The molecule has 0 fully saturated rings. The van der Waals surface area contributed by atoms with Crippen molar-refractivity contribution in [3.05, 3.63) is 72.3 Å². The molecule has 0 atom stereocenters. The molecule has 2 aromatic heterocycles. The smallest absolute Gasteiger partial charge is 0.260 e. The summed E-state index contributed by atoms with van der Waals surface area (Å²) in [5.74, 6) is 1.12. The number of aromatic nitrogens is 4. The number of fused-ring (bicyclic) bond motifs is 1. The first-order valence-electron chi connectivity index (χ1n) is 6.97. The molecule has 4 rings (SSSR count). The molecule has 22 heavy (non-hydrogen) atoms. The van der Waals surface area contributed by atoms with Gasteiger partial charge in [-0.25, -0.2) is 0 Å². The Labute approximate surface area is 126 Å². The first-order chi connectivity index (χ1) is 10.9. The molecule has 0 N–H and O–H groups in total. The van der Waals surface area contributed by atoms with Crippen LogP contribution in [0.5, 0.6) is 0 Å². The Morgan fingerprint density at radius 1 is 0.864 bits per heavy atom. The van der Waals surface area contributed by atoms with E-state index >= 15 is 0 Å². The van der Waals surface area contributed by atoms with Crippen molar-refractivity contribution in [3.63, 3.8) is 0 Å². The van der Waals surface area contributed by atoms with Gasteiger partial charge in [-0.1, -0.05) is 41.6 Å². The Kier molecular flexibility index (Phi) is 3.08. The number of para-hydroxylation sites is 1. The fourth-order valence-corrected chi connectivity index (χ4v) is 2.38. The fraction of sp³-hybridized carbons (Fsp3) is 0.0588. The van der Waals surface area contributed by atoms with E-state index in [0.717, 1.165) is 22.2 Å². The van der Waals surface area contributed by atoms with E-state index in [1.165, 1.54) is 0 Å². The molecular weight excluding hydrogens is 276 g/mol. The van der Waals surface area contributed by atoms with Crippen LogP contribution in [0.2, 0.25) is 0 Å². The lowest BCUT2D eigenvalue weighted by molar-refractivity contribution is 0.424. The standard InChI is InChI=1S/C17H12N4O/c1-2-5-12(6-3-1)11-15-20-17(22-21-15)13-7-4-8-14-16(13)19-10-9-18-14/h1-10H,11H2. The second-order valence-electron chi connectivity index (χ2n) is 4.91. The van der Waals surface area contributed by atoms with Gasteiger partial charge in [-0.3, -0.25) is 9.97 Å². The highest BCUT2D eigenvalue weighted by molar-refractivity contribution is 5.88. The highest BCUT2D eigenvalue weighted by atomic mass is 16.5. The van der Waals surface area contributed by atoms with E-state index in [4.69, 9.17) is 4.52 Å². The number of hydrogen-bond donors (Lipinski definition) is 0. The van der Waals surface area contributed by atoms with Gasteiger partial charge in [0.05, 0.1) is 11.1 Å². The molecule has 4 aromatic rings. The third kappa shape index (κ3) is 2.33. The minimum Gasteiger partial charge on any atom is -0.334 e. The zero-order chi connectivity index (χ0) is 14.8. The third-order valence-electron chi connectivity index (χ3n) is 3.40. The Morgan fingerprint density at radius 2 is 1.73 bits per heavy atom. The maximum Gasteiger partial charge on any atom is 0.260 e. The van der Waals surface area contributed by atoms with Crippen molar-refractivity contribution < 1.29 is 4.52 Å². The van der Waals surface area contributed by atoms with Gasteiger partial charge in [-0.2, -0.15) is 4.98 Å². The van der Waals surface area contributed by atoms with Gasteiger partial charge in [0.1, 0.15) is 5.52 Å². The predicted octanol–water partition coefficient (Wildman–Crippen LogP) is 3.27. The lowest BCUT2D eigenvalue weighted by atomic mass is 10.1. The van der Waals surface area contributed by atoms with Crippen molar-refractivity contribution in [2.75, 3.05) is 0 Å². The molecule has 0 unspecified atom stereocenters. The number of benzene rings is 2. The summed E-state index contributed by atoms with van der Waals surface area (Å²) < 4.78 is 5.40. The van der Waals surface area contributed by atoms with E-state index in [1.54, 1.807) is 12.4 Å². The van der Waals surface area contributed by atoms with E-state index in [1.807, 2.05) is 48.5 Å². The molecule has 2 aromatic carbocycles. The van der Waals surface area contributed by atoms with E-state index in [-0.39, 0.29) is 0 Å². The average molecular weight is 288 g/mol. The lowest BCUT2D eigenvalue weighted by Crippen LogP contribution is -1.91. The Hall–Kier alpha value is -3.08. The van der Waals surface area contributed by atoms with Crippen LogP contribution in [0.25, 0.3) is 22.5 Å². The van der Waals surface area contributed by atoms with Gasteiger partial charge in [0.2, 0.25) is 0 Å². The Morgan fingerprint density at radius 3 is 2.64 bits per heavy atom. The second kappa shape index (κ2) is 5.37. The predicted molar refractivity (Wildman–Crippen MR) is 82.1 cm³/mol. The third-order valence-corrected chi connectivity index (χ3v) is 3.40. The summed E-state index contributed by atoms with van der Waals surface area (Å²) >= 11 is 0. The van der Waals surface area contributed by atoms with E-state index < -0.39 is 0 Å². The minimum atomic E-state index is 0.469. The summed E-state index contributed by atoms with van der Waals surface area (Å²) in [6.07, 6.45) is 3.97. The molecule has 0 saturated heterocycles. The van der Waals surface area contributed by atoms with Crippen molar-refractivity contribution in [3.8, 4) is 11.5 Å². The van der Waals surface area contributed by atoms with Gasteiger partial charge >= 0.3 is 0 Å². The molecule has 0 saturated carbocycles. The van der Waals surface area contributed by atoms with Crippen molar-refractivity contribution in [2.45, 2.75) is 6.42 Å². The number of hydrogen-bond acceptors (Lipinski definition) is 5. The summed E-state index contributed by atoms with van der Waals surface area (Å²) in [4.78, 5) is 13.1. The quantitative estimate of drug-likeness (QED) is 0.579. The molecule has 0 aliphatic carbocycles. The monoisotopic (exact) mass is 288 g/mol. The van der Waals surface area contributed by atoms with Crippen LogP contribution in [0.15, 0.2) is 65.4 Å². The molecule has 0 spiro atoms. The van der Waals surface area contributed by atoms with Crippen molar-refractivity contribution in [1.82, 2.24) is 20.1 Å². The molecule has 2 heterocycles. The van der Waals surface area contributed by atoms with Gasteiger partial charge in [0.15, 0.2) is 5.82 Å². The summed E-state index contributed by atoms with van der Waals surface area (Å²) in [5, 5.41) is 4.06. The average Bonchev–Trinajstić information content (AvgIpc) is 3.03. The van der Waals surface area contributed by atoms with Crippen molar-refractivity contribution in [2.24, 2.45) is 0 Å². The largest absolute Gasteiger partial charge is 0.334 e. The molecule has 5 nitrogen and oxygen atoms in total. The topological polar surface area (TPSA) is 64.7 Å². The van der Waals surface area contributed by atoms with Gasteiger partial charge in [-0.05, 0) is 17.7 Å². The summed E-state index contributed by atoms with van der Waals surface area (Å²) in [7, 11) is 0. The van der Waals surface area contributed by atoms with Gasteiger partial charge < -0.3 is 4.52 Å². The molecule has 0 amide bonds. The molecule has 0 radical (unpaired) electrons. The number of rotatable bonds is 3. The highest BCUT2D eigenvalue weighted by Gasteiger charge is 2.13. The summed E-state index contributed by atoms with van der Waals surface area (Å²) in [6.45, 7) is 0. The molecular formula is C17H12N4O. The normalized spacial score (nSPS) is 10.9. The van der Waals surface area contributed by atoms with Gasteiger partial charge in [-0.15, -0.1) is 0 Å². The first-order valence-corrected chi connectivity index (χ1v) is 6.97.